The number of methoxy groups -OCH3 is 1. The van der Waals surface area contributed by atoms with Crippen LogP contribution < -0.4 is 14.4 Å². The van der Waals surface area contributed by atoms with Gasteiger partial charge in [0.15, 0.2) is 12.0 Å². The number of rotatable bonds is 12. The Bertz CT molecular complexity index is 2430. The van der Waals surface area contributed by atoms with Crippen molar-refractivity contribution >= 4 is 33.7 Å². The molecule has 8 rings (SSSR count). The summed E-state index contributed by atoms with van der Waals surface area (Å²) in [7, 11) is 3.61. The van der Waals surface area contributed by atoms with Gasteiger partial charge >= 0.3 is 12.1 Å². The molecule has 0 bridgehead atoms. The van der Waals surface area contributed by atoms with E-state index in [0.717, 1.165) is 59.6 Å². The van der Waals surface area contributed by atoms with Crippen LogP contribution in [0.3, 0.4) is 0 Å². The van der Waals surface area contributed by atoms with E-state index in [4.69, 9.17) is 45.2 Å². The smallest absolute Gasteiger partial charge is 0.410 e. The van der Waals surface area contributed by atoms with Gasteiger partial charge in [-0.2, -0.15) is 15.1 Å². The Morgan fingerprint density at radius 2 is 1.90 bits per heavy atom. The molecule has 14 heteroatoms. The Morgan fingerprint density at radius 1 is 1.08 bits per heavy atom. The van der Waals surface area contributed by atoms with Gasteiger partial charge in [0, 0.05) is 79.6 Å². The van der Waals surface area contributed by atoms with E-state index in [-0.39, 0.29) is 55.4 Å². The molecule has 2 aromatic carbocycles. The predicted octanol–water partition coefficient (Wildman–Crippen LogP) is 8.49. The molecule has 13 nitrogen and oxygen atoms in total. The number of ether oxygens (including phenoxy) is 5. The third-order valence-corrected chi connectivity index (χ3v) is 11.6. The summed E-state index contributed by atoms with van der Waals surface area (Å²) in [6.07, 6.45) is 13.7. The molecule has 3 aliphatic rings. The first-order chi connectivity index (χ1) is 28.8. The average Bonchev–Trinajstić information content (AvgIpc) is 3.81. The van der Waals surface area contributed by atoms with E-state index in [9.17, 15) is 4.79 Å². The maximum absolute atomic E-state index is 16.5. The molecule has 0 N–H and O–H groups in total. The van der Waals surface area contributed by atoms with Gasteiger partial charge in [0.05, 0.1) is 17.8 Å². The van der Waals surface area contributed by atoms with Crippen LogP contribution in [0.2, 0.25) is 0 Å². The van der Waals surface area contributed by atoms with E-state index in [1.54, 1.807) is 30.3 Å². The minimum absolute atomic E-state index is 0.0894. The van der Waals surface area contributed by atoms with E-state index in [2.05, 4.69) is 21.9 Å². The third-order valence-electron chi connectivity index (χ3n) is 11.6. The van der Waals surface area contributed by atoms with Crippen molar-refractivity contribution in [2.75, 3.05) is 45.4 Å². The van der Waals surface area contributed by atoms with Crippen molar-refractivity contribution in [1.29, 1.82) is 0 Å². The van der Waals surface area contributed by atoms with Gasteiger partial charge in [-0.15, -0.1) is 6.42 Å². The van der Waals surface area contributed by atoms with Crippen molar-refractivity contribution in [3.8, 4) is 35.2 Å². The molecule has 0 radical (unpaired) electrons. The Balaban J connectivity index is 1.34. The minimum Gasteiger partial charge on any atom is -0.486 e. The van der Waals surface area contributed by atoms with Crippen LogP contribution in [0.5, 0.6) is 11.8 Å². The zero-order valence-corrected chi connectivity index (χ0v) is 35.6. The minimum atomic E-state index is -0.615. The van der Waals surface area contributed by atoms with Gasteiger partial charge in [-0.05, 0) is 102 Å². The van der Waals surface area contributed by atoms with Crippen LogP contribution in [0.15, 0.2) is 36.7 Å². The fraction of sp³-hybridized carbons (Fsp3) is 0.500. The number of likely N-dealkylation sites (tertiary alicyclic amines) is 1. The molecule has 1 amide bonds. The number of hydrogen-bond acceptors (Lipinski definition) is 11. The number of terminal acetylenes is 1. The first-order valence-electron chi connectivity index (χ1n) is 20.9. The fourth-order valence-corrected chi connectivity index (χ4v) is 8.13. The number of halogens is 1. The predicted molar refractivity (Wildman–Crippen MR) is 227 cm³/mol. The molecular formula is C46H54FN7O6. The molecule has 5 heterocycles. The van der Waals surface area contributed by atoms with Crippen molar-refractivity contribution in [3.05, 3.63) is 64.9 Å². The number of anilines is 1. The number of pyridine rings is 1. The lowest BCUT2D eigenvalue weighted by molar-refractivity contribution is -0.0366. The number of carbonyl (C=O) groups is 1. The molecule has 0 spiro atoms. The van der Waals surface area contributed by atoms with Gasteiger partial charge in [0.2, 0.25) is 0 Å². The van der Waals surface area contributed by atoms with E-state index in [0.29, 0.717) is 65.5 Å². The summed E-state index contributed by atoms with van der Waals surface area (Å²) >= 11 is 0. The molecule has 2 aliphatic heterocycles. The number of hydrogen-bond donors (Lipinski definition) is 0. The largest absolute Gasteiger partial charge is 0.486 e. The number of benzene rings is 2. The second kappa shape index (κ2) is 16.9. The third kappa shape index (κ3) is 8.43. The Labute approximate surface area is 350 Å². The summed E-state index contributed by atoms with van der Waals surface area (Å²) in [5.74, 6) is 3.50. The van der Waals surface area contributed by atoms with E-state index in [1.807, 2.05) is 58.6 Å². The van der Waals surface area contributed by atoms with Crippen molar-refractivity contribution in [2.45, 2.75) is 110 Å². The Kier molecular flexibility index (Phi) is 11.6. The lowest BCUT2D eigenvalue weighted by Gasteiger charge is -2.29. The summed E-state index contributed by atoms with van der Waals surface area (Å²) in [6, 6.07) is 7.43. The normalized spacial score (nSPS) is 18.8. The summed E-state index contributed by atoms with van der Waals surface area (Å²) in [6.45, 7) is 11.2. The maximum Gasteiger partial charge on any atom is 0.410 e. The zero-order valence-electron chi connectivity index (χ0n) is 35.6. The molecule has 3 fully saturated rings. The van der Waals surface area contributed by atoms with Gasteiger partial charge < -0.3 is 33.5 Å². The van der Waals surface area contributed by atoms with Crippen LogP contribution in [0, 0.1) is 25.1 Å². The van der Waals surface area contributed by atoms with E-state index >= 15 is 4.39 Å². The SMILES string of the molecule is C#Cc1ccc(COc2c(-c3c(C)c(F)cc4c3cnn4C3CCCCO3)c(C3CC3)cc3c(N(C)[C@H]4CCN(C(=O)OC(C)(C)C)C4)nc(OC[C@H](C)OC)nc23)cn1. The number of aromatic nitrogens is 5. The number of nitrogens with zero attached hydrogens (tertiary/aromatic N) is 7. The van der Waals surface area contributed by atoms with Gasteiger partial charge in [0.25, 0.3) is 0 Å². The number of amides is 1. The van der Waals surface area contributed by atoms with Gasteiger partial charge in [-0.25, -0.2) is 18.9 Å². The topological polar surface area (TPSA) is 126 Å². The van der Waals surface area contributed by atoms with Gasteiger partial charge in [-0.1, -0.05) is 12.0 Å². The average molecular weight is 820 g/mol. The van der Waals surface area contributed by atoms with Gasteiger partial charge in [0.1, 0.15) is 41.7 Å². The lowest BCUT2D eigenvalue weighted by Crippen LogP contribution is -2.39. The molecule has 60 heavy (non-hydrogen) atoms. The van der Waals surface area contributed by atoms with Crippen LogP contribution in [0.4, 0.5) is 15.0 Å². The van der Waals surface area contributed by atoms with Crippen LogP contribution in [0.1, 0.15) is 101 Å². The second-order valence-electron chi connectivity index (χ2n) is 17.2. The van der Waals surface area contributed by atoms with Crippen LogP contribution >= 0.6 is 0 Å². The first-order valence-corrected chi connectivity index (χ1v) is 20.9. The van der Waals surface area contributed by atoms with Gasteiger partial charge in [-0.3, -0.25) is 0 Å². The van der Waals surface area contributed by atoms with Crippen molar-refractivity contribution in [2.24, 2.45) is 0 Å². The second-order valence-corrected chi connectivity index (χ2v) is 17.2. The first kappa shape index (κ1) is 41.2. The fourth-order valence-electron chi connectivity index (χ4n) is 8.13. The summed E-state index contributed by atoms with van der Waals surface area (Å²) in [5, 5.41) is 6.36. The lowest BCUT2D eigenvalue weighted by atomic mass is 9.88. The number of carbonyl (C=O) groups excluding carboxylic acids is 1. The molecule has 3 atom stereocenters. The molecular weight excluding hydrogens is 766 g/mol. The summed E-state index contributed by atoms with van der Waals surface area (Å²) in [4.78, 5) is 31.6. The molecule has 2 saturated heterocycles. The Hall–Kier alpha value is -5.52. The van der Waals surface area contributed by atoms with Crippen molar-refractivity contribution < 1.29 is 32.9 Å². The molecule has 1 saturated carbocycles. The molecule has 1 unspecified atom stereocenters. The summed E-state index contributed by atoms with van der Waals surface area (Å²) in [5.41, 5.74) is 4.78. The van der Waals surface area contributed by atoms with Crippen LogP contribution in [0.25, 0.3) is 32.9 Å². The number of fused-ring (bicyclic) bond motifs is 2. The quantitative estimate of drug-likeness (QED) is 0.113. The van der Waals surface area contributed by atoms with E-state index in [1.165, 1.54) is 0 Å². The van der Waals surface area contributed by atoms with Crippen LogP contribution in [-0.4, -0.2) is 93.9 Å². The highest BCUT2D eigenvalue weighted by atomic mass is 19.1. The maximum atomic E-state index is 16.5. The molecule has 3 aromatic heterocycles. The van der Waals surface area contributed by atoms with Crippen LogP contribution in [-0.2, 0) is 20.8 Å². The zero-order chi connectivity index (χ0) is 42.3. The highest BCUT2D eigenvalue weighted by molar-refractivity contribution is 6.06. The Morgan fingerprint density at radius 3 is 2.58 bits per heavy atom. The molecule has 5 aromatic rings. The van der Waals surface area contributed by atoms with Crippen molar-refractivity contribution in [1.82, 2.24) is 29.6 Å². The monoisotopic (exact) mass is 819 g/mol. The highest BCUT2D eigenvalue weighted by Gasteiger charge is 2.37. The summed E-state index contributed by atoms with van der Waals surface area (Å²) < 4.78 is 48.9. The number of likely N-dealkylation sites (N-methyl/N-ethyl adjacent to an activating group) is 1. The molecule has 316 valence electrons. The molecule has 1 aliphatic carbocycles. The van der Waals surface area contributed by atoms with E-state index < -0.39 is 5.60 Å². The van der Waals surface area contributed by atoms with Crippen molar-refractivity contribution in [3.63, 3.8) is 0 Å². The highest BCUT2D eigenvalue weighted by Crippen LogP contribution is 2.53. The standard InChI is InChI=1S/C46H54FN7O6/c1-9-31-16-13-29(22-48-31)26-58-42-40(39-28(3)36(47)21-37-35(39)23-49-54(37)38-12-10-11-19-57-38)33(30-14-15-30)20-34-41(42)50-44(59-25-27(2)56-8)51-43(34)52(7)32-17-18-53(24-32)45(55)60-46(4,5)6/h1,13,16,20-23,27,30,32,38H,10-12,14-15,17-19,24-26H2,2-8H3/t27-,32-,38?/m0/s1.